The van der Waals surface area contributed by atoms with E-state index in [9.17, 15) is 13.2 Å². The molecule has 0 saturated carbocycles. The number of fused-ring (bicyclic) bond motifs is 1. The fraction of sp³-hybridized carbons (Fsp3) is 0.136. The lowest BCUT2D eigenvalue weighted by Crippen LogP contribution is -2.26. The summed E-state index contributed by atoms with van der Waals surface area (Å²) >= 11 is 1.13. The van der Waals surface area contributed by atoms with Crippen molar-refractivity contribution in [3.05, 3.63) is 82.9 Å². The van der Waals surface area contributed by atoms with E-state index >= 15 is 0 Å². The number of thiophene rings is 1. The zero-order valence-corrected chi connectivity index (χ0v) is 18.0. The zero-order valence-electron chi connectivity index (χ0n) is 16.4. The summed E-state index contributed by atoms with van der Waals surface area (Å²) < 4.78 is 33.5. The van der Waals surface area contributed by atoms with E-state index < -0.39 is 10.0 Å². The van der Waals surface area contributed by atoms with Gasteiger partial charge in [-0.2, -0.15) is 0 Å². The van der Waals surface area contributed by atoms with Crippen LogP contribution in [0.3, 0.4) is 0 Å². The number of aryl methyl sites for hydroxylation is 1. The second-order valence-electron chi connectivity index (χ2n) is 6.90. The predicted molar refractivity (Wildman–Crippen MR) is 118 cm³/mol. The fourth-order valence-corrected chi connectivity index (χ4v) is 5.34. The van der Waals surface area contributed by atoms with Crippen molar-refractivity contribution < 1.29 is 17.6 Å². The number of furan rings is 1. The van der Waals surface area contributed by atoms with E-state index in [1.807, 2.05) is 38.1 Å². The van der Waals surface area contributed by atoms with E-state index in [2.05, 4.69) is 10.0 Å². The molecular weight excluding hydrogens is 420 g/mol. The minimum atomic E-state index is -3.68. The van der Waals surface area contributed by atoms with Crippen molar-refractivity contribution in [3.63, 3.8) is 0 Å². The van der Waals surface area contributed by atoms with Gasteiger partial charge in [0, 0.05) is 22.2 Å². The Kier molecular flexibility index (Phi) is 5.36. The molecule has 2 aromatic heterocycles. The summed E-state index contributed by atoms with van der Waals surface area (Å²) in [5.74, 6) is 0.374. The summed E-state index contributed by atoms with van der Waals surface area (Å²) in [6, 6.07) is 17.0. The van der Waals surface area contributed by atoms with Crippen LogP contribution in [0.25, 0.3) is 11.0 Å². The quantitative estimate of drug-likeness (QED) is 0.437. The van der Waals surface area contributed by atoms with Crippen molar-refractivity contribution >= 4 is 43.9 Å². The van der Waals surface area contributed by atoms with Gasteiger partial charge < -0.3 is 9.73 Å². The van der Waals surface area contributed by atoms with Gasteiger partial charge in [0.15, 0.2) is 0 Å². The Morgan fingerprint density at radius 2 is 1.87 bits per heavy atom. The molecule has 0 aliphatic heterocycles. The van der Waals surface area contributed by atoms with Gasteiger partial charge in [-0.05, 0) is 49.6 Å². The third-order valence-electron chi connectivity index (χ3n) is 4.76. The summed E-state index contributed by atoms with van der Waals surface area (Å²) in [5.41, 5.74) is 2.43. The molecule has 0 aliphatic carbocycles. The summed E-state index contributed by atoms with van der Waals surface area (Å²) in [4.78, 5) is 12.8. The summed E-state index contributed by atoms with van der Waals surface area (Å²) in [7, 11) is -3.68. The minimum absolute atomic E-state index is 0.214. The van der Waals surface area contributed by atoms with Gasteiger partial charge in [-0.15, -0.1) is 11.3 Å². The standard InChI is InChI=1S/C22H20N2O4S2/c1-14-18-9-3-4-10-19(18)28-21(14)15(2)23-22(25)16-7-5-8-17(13-16)24-30(26,27)20-11-6-12-29-20/h3-13,15,24H,1-2H3,(H,23,25). The van der Waals surface area contributed by atoms with Gasteiger partial charge in [0.25, 0.3) is 15.9 Å². The Bertz CT molecular complexity index is 1310. The van der Waals surface area contributed by atoms with Gasteiger partial charge in [-0.3, -0.25) is 9.52 Å². The maximum absolute atomic E-state index is 12.8. The van der Waals surface area contributed by atoms with E-state index in [0.29, 0.717) is 17.0 Å². The van der Waals surface area contributed by atoms with Crippen molar-refractivity contribution in [1.29, 1.82) is 0 Å². The molecule has 30 heavy (non-hydrogen) atoms. The molecule has 154 valence electrons. The number of rotatable bonds is 6. The van der Waals surface area contributed by atoms with Gasteiger partial charge in [-0.1, -0.05) is 30.3 Å². The number of benzene rings is 2. The molecule has 8 heteroatoms. The summed E-state index contributed by atoms with van der Waals surface area (Å²) in [5, 5.41) is 5.63. The molecule has 2 aromatic carbocycles. The van der Waals surface area contributed by atoms with Crippen molar-refractivity contribution in [2.24, 2.45) is 0 Å². The highest BCUT2D eigenvalue weighted by molar-refractivity contribution is 7.94. The van der Waals surface area contributed by atoms with E-state index in [1.165, 1.54) is 12.1 Å². The first-order valence-electron chi connectivity index (χ1n) is 9.30. The maximum atomic E-state index is 12.8. The first-order chi connectivity index (χ1) is 14.3. The van der Waals surface area contributed by atoms with Gasteiger partial charge in [-0.25, -0.2) is 8.42 Å². The highest BCUT2D eigenvalue weighted by Crippen LogP contribution is 2.29. The number of hydrogen-bond donors (Lipinski definition) is 2. The van der Waals surface area contributed by atoms with Gasteiger partial charge in [0.2, 0.25) is 0 Å². The second-order valence-corrected chi connectivity index (χ2v) is 9.76. The Morgan fingerprint density at radius 1 is 1.07 bits per heavy atom. The van der Waals surface area contributed by atoms with Crippen LogP contribution in [-0.2, 0) is 10.0 Å². The number of hydrogen-bond acceptors (Lipinski definition) is 5. The molecule has 1 amide bonds. The van der Waals surface area contributed by atoms with Crippen LogP contribution < -0.4 is 10.0 Å². The Morgan fingerprint density at radius 3 is 2.60 bits per heavy atom. The first-order valence-corrected chi connectivity index (χ1v) is 11.7. The molecule has 0 bridgehead atoms. The molecule has 0 fully saturated rings. The summed E-state index contributed by atoms with van der Waals surface area (Å²) in [6.45, 7) is 3.82. The number of carbonyl (C=O) groups excluding carboxylic acids is 1. The topological polar surface area (TPSA) is 88.4 Å². The zero-order chi connectivity index (χ0) is 21.3. The lowest BCUT2D eigenvalue weighted by Gasteiger charge is -2.13. The molecule has 4 rings (SSSR count). The third-order valence-corrected chi connectivity index (χ3v) is 7.54. The molecule has 0 spiro atoms. The molecule has 0 radical (unpaired) electrons. The normalized spacial score (nSPS) is 12.6. The number of carbonyl (C=O) groups is 1. The highest BCUT2D eigenvalue weighted by Gasteiger charge is 2.20. The number of anilines is 1. The van der Waals surface area contributed by atoms with Crippen molar-refractivity contribution in [3.8, 4) is 0 Å². The first kappa shape index (κ1) is 20.2. The molecule has 0 aliphatic rings. The summed E-state index contributed by atoms with van der Waals surface area (Å²) in [6.07, 6.45) is 0. The van der Waals surface area contributed by atoms with Crippen molar-refractivity contribution in [1.82, 2.24) is 5.32 Å². The Hall–Kier alpha value is -3.10. The Labute approximate surface area is 178 Å². The maximum Gasteiger partial charge on any atom is 0.271 e. The highest BCUT2D eigenvalue weighted by atomic mass is 32.2. The van der Waals surface area contributed by atoms with Crippen LogP contribution in [-0.4, -0.2) is 14.3 Å². The van der Waals surface area contributed by atoms with Gasteiger partial charge in [0.05, 0.1) is 6.04 Å². The minimum Gasteiger partial charge on any atom is -0.459 e. The smallest absolute Gasteiger partial charge is 0.271 e. The number of amides is 1. The van der Waals surface area contributed by atoms with Crippen LogP contribution in [0, 0.1) is 6.92 Å². The molecule has 1 unspecified atom stereocenters. The number of para-hydroxylation sites is 1. The SMILES string of the molecule is Cc1c(C(C)NC(=O)c2cccc(NS(=O)(=O)c3cccs3)c2)oc2ccccc12. The third kappa shape index (κ3) is 3.96. The lowest BCUT2D eigenvalue weighted by atomic mass is 10.1. The molecule has 1 atom stereocenters. The van der Waals surface area contributed by atoms with E-state index in [1.54, 1.807) is 29.6 Å². The van der Waals surface area contributed by atoms with Crippen LogP contribution in [0.4, 0.5) is 5.69 Å². The van der Waals surface area contributed by atoms with E-state index in [-0.39, 0.29) is 16.2 Å². The van der Waals surface area contributed by atoms with Crippen molar-refractivity contribution in [2.45, 2.75) is 24.1 Å². The van der Waals surface area contributed by atoms with E-state index in [0.717, 1.165) is 27.9 Å². The van der Waals surface area contributed by atoms with Crippen LogP contribution >= 0.6 is 11.3 Å². The fourth-order valence-electron chi connectivity index (χ4n) is 3.30. The molecule has 2 heterocycles. The second kappa shape index (κ2) is 7.97. The van der Waals surface area contributed by atoms with Crippen LogP contribution in [0.5, 0.6) is 0 Å². The van der Waals surface area contributed by atoms with Crippen LogP contribution in [0.1, 0.15) is 34.6 Å². The van der Waals surface area contributed by atoms with Crippen LogP contribution in [0.15, 0.2) is 74.7 Å². The molecular formula is C22H20N2O4S2. The lowest BCUT2D eigenvalue weighted by molar-refractivity contribution is 0.0935. The molecule has 6 nitrogen and oxygen atoms in total. The van der Waals surface area contributed by atoms with Gasteiger partial charge >= 0.3 is 0 Å². The Balaban J connectivity index is 1.52. The number of sulfonamides is 1. The average Bonchev–Trinajstić information content (AvgIpc) is 3.37. The monoisotopic (exact) mass is 440 g/mol. The number of nitrogens with one attached hydrogen (secondary N) is 2. The molecule has 4 aromatic rings. The van der Waals surface area contributed by atoms with E-state index in [4.69, 9.17) is 4.42 Å². The van der Waals surface area contributed by atoms with Crippen LogP contribution in [0.2, 0.25) is 0 Å². The molecule has 2 N–H and O–H groups in total. The molecule has 0 saturated heterocycles. The van der Waals surface area contributed by atoms with Gasteiger partial charge in [0.1, 0.15) is 15.6 Å². The average molecular weight is 441 g/mol. The largest absolute Gasteiger partial charge is 0.459 e. The predicted octanol–water partition coefficient (Wildman–Crippen LogP) is 5.09. The van der Waals surface area contributed by atoms with Crippen molar-refractivity contribution in [2.75, 3.05) is 4.72 Å².